The maximum Gasteiger partial charge on any atom is 0.251 e. The van der Waals surface area contributed by atoms with E-state index in [2.05, 4.69) is 10.3 Å². The number of methoxy groups -OCH3 is 1. The minimum Gasteiger partial charge on any atom is -0.497 e. The van der Waals surface area contributed by atoms with E-state index in [0.29, 0.717) is 22.5 Å². The van der Waals surface area contributed by atoms with Crippen LogP contribution in [-0.2, 0) is 11.2 Å². The Morgan fingerprint density at radius 3 is 2.57 bits per heavy atom. The Hall–Kier alpha value is -3.59. The van der Waals surface area contributed by atoms with Crippen LogP contribution >= 0.6 is 0 Å². The fraction of sp³-hybridized carbons (Fsp3) is 0.227. The molecule has 1 amide bonds. The van der Waals surface area contributed by atoms with Crippen molar-refractivity contribution < 1.29 is 9.53 Å². The van der Waals surface area contributed by atoms with Crippen molar-refractivity contribution in [3.05, 3.63) is 69.5 Å². The van der Waals surface area contributed by atoms with Gasteiger partial charge in [0.2, 0.25) is 5.91 Å². The first kappa shape index (κ1) is 19.2. The van der Waals surface area contributed by atoms with Crippen LogP contribution in [0.1, 0.15) is 16.7 Å². The van der Waals surface area contributed by atoms with Gasteiger partial charge in [-0.1, -0.05) is 18.2 Å². The summed E-state index contributed by atoms with van der Waals surface area (Å²) in [6.07, 6.45) is 0.0236. The summed E-state index contributed by atoms with van der Waals surface area (Å²) in [6.45, 7) is 3.79. The van der Waals surface area contributed by atoms with Crippen molar-refractivity contribution in [2.75, 3.05) is 12.4 Å². The van der Waals surface area contributed by atoms with Crippen molar-refractivity contribution >= 4 is 22.5 Å². The van der Waals surface area contributed by atoms with E-state index in [-0.39, 0.29) is 12.0 Å². The molecule has 0 radical (unpaired) electrons. The van der Waals surface area contributed by atoms with E-state index >= 15 is 0 Å². The molecule has 0 bridgehead atoms. The van der Waals surface area contributed by atoms with Gasteiger partial charge in [0.05, 0.1) is 13.2 Å². The largest absolute Gasteiger partial charge is 0.497 e. The average Bonchev–Trinajstić information content (AvgIpc) is 2.68. The maximum atomic E-state index is 12.7. The van der Waals surface area contributed by atoms with Crippen LogP contribution in [0.4, 0.5) is 5.69 Å². The minimum atomic E-state index is -0.983. The number of carbonyl (C=O) groups is 1. The highest BCUT2D eigenvalue weighted by molar-refractivity contribution is 5.95. The number of aryl methyl sites for hydroxylation is 2. The lowest BCUT2D eigenvalue weighted by molar-refractivity contribution is -0.118. The van der Waals surface area contributed by atoms with E-state index in [9.17, 15) is 14.9 Å². The predicted octanol–water partition coefficient (Wildman–Crippen LogP) is 3.47. The summed E-state index contributed by atoms with van der Waals surface area (Å²) in [7, 11) is 1.57. The zero-order valence-electron chi connectivity index (χ0n) is 16.0. The van der Waals surface area contributed by atoms with Gasteiger partial charge < -0.3 is 15.0 Å². The molecule has 3 aromatic rings. The molecular weight excluding hydrogens is 354 g/mol. The third kappa shape index (κ3) is 3.89. The fourth-order valence-corrected chi connectivity index (χ4v) is 3.15. The standard InChI is InChI=1S/C22H21N3O3/c1-13-5-4-6-14(2)20(13)25-22(27)17(12-23)10-16-9-15-11-18(28-3)7-8-19(15)24-21(16)26/h4-9,11,17H,10H2,1-3H3,(H,24,26)(H,25,27). The number of aromatic amines is 1. The molecule has 6 heteroatoms. The molecule has 2 aromatic carbocycles. The monoisotopic (exact) mass is 375 g/mol. The van der Waals surface area contributed by atoms with Gasteiger partial charge in [-0.05, 0) is 49.2 Å². The number of fused-ring (bicyclic) bond motifs is 1. The molecule has 0 fully saturated rings. The lowest BCUT2D eigenvalue weighted by atomic mass is 9.99. The normalized spacial score (nSPS) is 11.6. The van der Waals surface area contributed by atoms with Crippen LogP contribution in [0.2, 0.25) is 0 Å². The highest BCUT2D eigenvalue weighted by Gasteiger charge is 2.21. The molecule has 1 aromatic heterocycles. The van der Waals surface area contributed by atoms with E-state index in [0.717, 1.165) is 16.5 Å². The number of nitrogens with zero attached hydrogens (tertiary/aromatic N) is 1. The average molecular weight is 375 g/mol. The molecule has 2 N–H and O–H groups in total. The number of nitrogens with one attached hydrogen (secondary N) is 2. The van der Waals surface area contributed by atoms with Crippen molar-refractivity contribution in [2.24, 2.45) is 5.92 Å². The summed E-state index contributed by atoms with van der Waals surface area (Å²) in [5.74, 6) is -0.747. The molecule has 1 heterocycles. The van der Waals surface area contributed by atoms with Gasteiger partial charge in [0.15, 0.2) is 0 Å². The number of aromatic nitrogens is 1. The number of hydrogen-bond acceptors (Lipinski definition) is 4. The second-order valence-corrected chi connectivity index (χ2v) is 6.72. The number of nitriles is 1. The molecule has 0 saturated heterocycles. The summed E-state index contributed by atoms with van der Waals surface area (Å²) >= 11 is 0. The van der Waals surface area contributed by atoms with Crippen LogP contribution in [-0.4, -0.2) is 18.0 Å². The van der Waals surface area contributed by atoms with Crippen molar-refractivity contribution in [1.82, 2.24) is 4.98 Å². The maximum absolute atomic E-state index is 12.7. The van der Waals surface area contributed by atoms with Gasteiger partial charge >= 0.3 is 0 Å². The highest BCUT2D eigenvalue weighted by Crippen LogP contribution is 2.22. The molecule has 1 atom stereocenters. The number of carbonyl (C=O) groups excluding carboxylic acids is 1. The molecular formula is C22H21N3O3. The molecule has 0 aliphatic heterocycles. The predicted molar refractivity (Wildman–Crippen MR) is 108 cm³/mol. The van der Waals surface area contributed by atoms with Crippen LogP contribution in [0.25, 0.3) is 10.9 Å². The molecule has 1 unspecified atom stereocenters. The number of ether oxygens (including phenoxy) is 1. The van der Waals surface area contributed by atoms with Crippen LogP contribution in [0.15, 0.2) is 47.3 Å². The molecule has 0 aliphatic carbocycles. The minimum absolute atomic E-state index is 0.0236. The zero-order chi connectivity index (χ0) is 20.3. The first-order chi connectivity index (χ1) is 13.4. The molecule has 3 rings (SSSR count). The van der Waals surface area contributed by atoms with E-state index in [4.69, 9.17) is 4.74 Å². The summed E-state index contributed by atoms with van der Waals surface area (Å²) in [5.41, 5.74) is 3.27. The molecule has 0 aliphatic rings. The smallest absolute Gasteiger partial charge is 0.251 e. The molecule has 28 heavy (non-hydrogen) atoms. The summed E-state index contributed by atoms with van der Waals surface area (Å²) in [6, 6.07) is 14.7. The Labute approximate surface area is 162 Å². The number of amides is 1. The second kappa shape index (κ2) is 7.97. The SMILES string of the molecule is COc1ccc2[nH]c(=O)c(CC(C#N)C(=O)Nc3c(C)cccc3C)cc2c1. The summed E-state index contributed by atoms with van der Waals surface area (Å²) in [4.78, 5) is 27.9. The van der Waals surface area contributed by atoms with Crippen molar-refractivity contribution in [3.8, 4) is 11.8 Å². The Morgan fingerprint density at radius 1 is 1.21 bits per heavy atom. The van der Waals surface area contributed by atoms with Gasteiger partial charge in [0.25, 0.3) is 5.56 Å². The number of rotatable bonds is 5. The van der Waals surface area contributed by atoms with Gasteiger partial charge in [-0.25, -0.2) is 0 Å². The zero-order valence-corrected chi connectivity index (χ0v) is 16.0. The number of pyridine rings is 1. The van der Waals surface area contributed by atoms with Crippen LogP contribution < -0.4 is 15.6 Å². The van der Waals surface area contributed by atoms with E-state index < -0.39 is 11.8 Å². The Morgan fingerprint density at radius 2 is 1.93 bits per heavy atom. The number of para-hydroxylation sites is 1. The topological polar surface area (TPSA) is 95.0 Å². The Bertz CT molecular complexity index is 1120. The second-order valence-electron chi connectivity index (χ2n) is 6.72. The number of anilines is 1. The highest BCUT2D eigenvalue weighted by atomic mass is 16.5. The number of hydrogen-bond donors (Lipinski definition) is 2. The van der Waals surface area contributed by atoms with Gasteiger partial charge in [0.1, 0.15) is 11.7 Å². The molecule has 6 nitrogen and oxygen atoms in total. The third-order valence-corrected chi connectivity index (χ3v) is 4.75. The van der Waals surface area contributed by atoms with E-state index in [1.165, 1.54) is 0 Å². The Kier molecular flexibility index (Phi) is 5.46. The summed E-state index contributed by atoms with van der Waals surface area (Å²) < 4.78 is 5.21. The number of H-pyrrole nitrogens is 1. The quantitative estimate of drug-likeness (QED) is 0.714. The fourth-order valence-electron chi connectivity index (χ4n) is 3.15. The van der Waals surface area contributed by atoms with Gasteiger partial charge in [-0.2, -0.15) is 5.26 Å². The van der Waals surface area contributed by atoms with Crippen molar-refractivity contribution in [2.45, 2.75) is 20.3 Å². The van der Waals surface area contributed by atoms with Gasteiger partial charge in [0, 0.05) is 28.6 Å². The summed E-state index contributed by atoms with van der Waals surface area (Å²) in [5, 5.41) is 13.1. The van der Waals surface area contributed by atoms with Gasteiger partial charge in [-0.15, -0.1) is 0 Å². The lowest BCUT2D eigenvalue weighted by Crippen LogP contribution is -2.26. The first-order valence-corrected chi connectivity index (χ1v) is 8.89. The van der Waals surface area contributed by atoms with Crippen LogP contribution in [0.3, 0.4) is 0 Å². The third-order valence-electron chi connectivity index (χ3n) is 4.75. The molecule has 0 saturated carbocycles. The number of benzene rings is 2. The molecule has 0 spiro atoms. The Balaban J connectivity index is 1.88. The van der Waals surface area contributed by atoms with E-state index in [1.807, 2.05) is 38.1 Å². The molecule has 142 valence electrons. The van der Waals surface area contributed by atoms with Crippen LogP contribution in [0.5, 0.6) is 5.75 Å². The van der Waals surface area contributed by atoms with Crippen LogP contribution in [0, 0.1) is 31.1 Å². The van der Waals surface area contributed by atoms with E-state index in [1.54, 1.807) is 31.4 Å². The first-order valence-electron chi connectivity index (χ1n) is 8.89. The lowest BCUT2D eigenvalue weighted by Gasteiger charge is -2.14. The van der Waals surface area contributed by atoms with Crippen molar-refractivity contribution in [1.29, 1.82) is 5.26 Å². The van der Waals surface area contributed by atoms with Gasteiger partial charge in [-0.3, -0.25) is 9.59 Å². The van der Waals surface area contributed by atoms with Crippen molar-refractivity contribution in [3.63, 3.8) is 0 Å².